The zero-order valence-corrected chi connectivity index (χ0v) is 14.1. The Morgan fingerprint density at radius 2 is 1.95 bits per heavy atom. The number of nitrogens with one attached hydrogen (secondary N) is 1. The molecule has 0 fully saturated rings. The SMILES string of the molecule is CNS(=O)(=O)c1ccc(Oc2ccc(Cl)cc2Br)cc1N. The first-order valence-corrected chi connectivity index (χ1v) is 8.45. The minimum absolute atomic E-state index is 0.00696. The van der Waals surface area contributed by atoms with E-state index < -0.39 is 10.0 Å². The summed E-state index contributed by atoms with van der Waals surface area (Å²) in [6, 6.07) is 9.44. The second kappa shape index (κ2) is 6.23. The smallest absolute Gasteiger partial charge is 0.242 e. The van der Waals surface area contributed by atoms with E-state index in [9.17, 15) is 8.42 Å². The van der Waals surface area contributed by atoms with Gasteiger partial charge >= 0.3 is 0 Å². The first-order chi connectivity index (χ1) is 9.83. The Morgan fingerprint density at radius 1 is 1.24 bits per heavy atom. The molecule has 0 atom stereocenters. The molecule has 0 aliphatic heterocycles. The molecule has 0 bridgehead atoms. The molecular formula is C13H12BrClN2O3S. The van der Waals surface area contributed by atoms with E-state index in [4.69, 9.17) is 22.1 Å². The Morgan fingerprint density at radius 3 is 2.52 bits per heavy atom. The summed E-state index contributed by atoms with van der Waals surface area (Å²) in [5.41, 5.74) is 5.87. The van der Waals surface area contributed by atoms with Crippen LogP contribution in [0.3, 0.4) is 0 Å². The molecule has 0 radical (unpaired) electrons. The second-order valence-electron chi connectivity index (χ2n) is 4.08. The molecule has 0 amide bonds. The average Bonchev–Trinajstić information content (AvgIpc) is 2.42. The van der Waals surface area contributed by atoms with Crippen molar-refractivity contribution in [3.8, 4) is 11.5 Å². The van der Waals surface area contributed by atoms with E-state index in [-0.39, 0.29) is 10.6 Å². The summed E-state index contributed by atoms with van der Waals surface area (Å²) < 4.78 is 32.0. The van der Waals surface area contributed by atoms with E-state index in [0.717, 1.165) is 0 Å². The lowest BCUT2D eigenvalue weighted by molar-refractivity contribution is 0.479. The van der Waals surface area contributed by atoms with Gasteiger partial charge in [0.1, 0.15) is 16.4 Å². The molecule has 2 aromatic rings. The van der Waals surface area contributed by atoms with Crippen LogP contribution in [-0.4, -0.2) is 15.5 Å². The number of benzene rings is 2. The molecule has 0 aliphatic carbocycles. The predicted molar refractivity (Wildman–Crippen MR) is 86.3 cm³/mol. The Balaban J connectivity index is 2.33. The standard InChI is InChI=1S/C13H12BrClN2O3S/c1-17-21(18,19)13-5-3-9(7-11(13)16)20-12-4-2-8(15)6-10(12)14/h2-7,17H,16H2,1H3. The molecule has 0 unspecified atom stereocenters. The summed E-state index contributed by atoms with van der Waals surface area (Å²) in [5, 5.41) is 0.573. The summed E-state index contributed by atoms with van der Waals surface area (Å²) in [6.07, 6.45) is 0. The van der Waals surface area contributed by atoms with Crippen LogP contribution in [0.5, 0.6) is 11.5 Å². The van der Waals surface area contributed by atoms with Crippen molar-refractivity contribution in [3.05, 3.63) is 45.9 Å². The topological polar surface area (TPSA) is 81.4 Å². The zero-order chi connectivity index (χ0) is 15.6. The van der Waals surface area contributed by atoms with Crippen LogP contribution in [0.1, 0.15) is 0 Å². The second-order valence-corrected chi connectivity index (χ2v) is 7.23. The monoisotopic (exact) mass is 390 g/mol. The Hall–Kier alpha value is -1.28. The molecule has 2 aromatic carbocycles. The van der Waals surface area contributed by atoms with Gasteiger partial charge in [-0.25, -0.2) is 13.1 Å². The summed E-state index contributed by atoms with van der Waals surface area (Å²) >= 11 is 9.19. The highest BCUT2D eigenvalue weighted by Gasteiger charge is 2.16. The molecule has 0 spiro atoms. The van der Waals surface area contributed by atoms with Crippen LogP contribution in [-0.2, 0) is 10.0 Å². The van der Waals surface area contributed by atoms with E-state index >= 15 is 0 Å². The molecule has 5 nitrogen and oxygen atoms in total. The van der Waals surface area contributed by atoms with Crippen molar-refractivity contribution in [1.29, 1.82) is 0 Å². The maximum absolute atomic E-state index is 11.7. The highest BCUT2D eigenvalue weighted by Crippen LogP contribution is 2.33. The number of rotatable bonds is 4. The highest BCUT2D eigenvalue weighted by atomic mass is 79.9. The summed E-state index contributed by atoms with van der Waals surface area (Å²) in [6.45, 7) is 0. The minimum atomic E-state index is -3.59. The molecule has 0 heterocycles. The van der Waals surface area contributed by atoms with Gasteiger partial charge in [0, 0.05) is 11.1 Å². The Bertz CT molecular complexity index is 781. The largest absolute Gasteiger partial charge is 0.456 e. The number of nitrogen functional groups attached to an aromatic ring is 1. The van der Waals surface area contributed by atoms with Gasteiger partial charge in [0.2, 0.25) is 10.0 Å². The van der Waals surface area contributed by atoms with E-state index in [2.05, 4.69) is 20.7 Å². The predicted octanol–water partition coefficient (Wildman–Crippen LogP) is 3.39. The van der Waals surface area contributed by atoms with E-state index in [1.807, 2.05) is 0 Å². The number of hydrogen-bond acceptors (Lipinski definition) is 4. The first-order valence-electron chi connectivity index (χ1n) is 5.79. The molecule has 0 saturated carbocycles. The molecule has 2 rings (SSSR count). The van der Waals surface area contributed by atoms with Crippen molar-refractivity contribution in [2.24, 2.45) is 0 Å². The van der Waals surface area contributed by atoms with Crippen LogP contribution in [0.25, 0.3) is 0 Å². The lowest BCUT2D eigenvalue weighted by atomic mass is 10.3. The van der Waals surface area contributed by atoms with Gasteiger partial charge in [-0.3, -0.25) is 0 Å². The summed E-state index contributed by atoms with van der Waals surface area (Å²) in [4.78, 5) is 0.00696. The number of hydrogen-bond donors (Lipinski definition) is 2. The number of anilines is 1. The van der Waals surface area contributed by atoms with E-state index in [0.29, 0.717) is 21.0 Å². The fourth-order valence-electron chi connectivity index (χ4n) is 1.63. The highest BCUT2D eigenvalue weighted by molar-refractivity contribution is 9.10. The average molecular weight is 392 g/mol. The van der Waals surface area contributed by atoms with Gasteiger partial charge in [-0.05, 0) is 53.3 Å². The molecular weight excluding hydrogens is 380 g/mol. The molecule has 0 aliphatic rings. The van der Waals surface area contributed by atoms with Crippen LogP contribution < -0.4 is 15.2 Å². The van der Waals surface area contributed by atoms with Crippen molar-refractivity contribution in [2.45, 2.75) is 4.90 Å². The number of ether oxygens (including phenoxy) is 1. The maximum Gasteiger partial charge on any atom is 0.242 e. The third kappa shape index (κ3) is 3.68. The number of sulfonamides is 1. The molecule has 3 N–H and O–H groups in total. The fourth-order valence-corrected chi connectivity index (χ4v) is 3.23. The van der Waals surface area contributed by atoms with Crippen LogP contribution in [0.15, 0.2) is 45.8 Å². The van der Waals surface area contributed by atoms with Gasteiger partial charge in [0.05, 0.1) is 10.2 Å². The lowest BCUT2D eigenvalue weighted by Gasteiger charge is -2.11. The van der Waals surface area contributed by atoms with E-state index in [1.54, 1.807) is 18.2 Å². The summed E-state index contributed by atoms with van der Waals surface area (Å²) in [5.74, 6) is 0.966. The molecule has 21 heavy (non-hydrogen) atoms. The van der Waals surface area contributed by atoms with Crippen molar-refractivity contribution in [1.82, 2.24) is 4.72 Å². The normalized spacial score (nSPS) is 11.4. The van der Waals surface area contributed by atoms with Crippen molar-refractivity contribution < 1.29 is 13.2 Å². The zero-order valence-electron chi connectivity index (χ0n) is 10.9. The van der Waals surface area contributed by atoms with Crippen molar-refractivity contribution in [2.75, 3.05) is 12.8 Å². The van der Waals surface area contributed by atoms with Gasteiger partial charge in [0.15, 0.2) is 0 Å². The third-order valence-corrected chi connectivity index (χ3v) is 5.00. The van der Waals surface area contributed by atoms with Gasteiger partial charge in [-0.2, -0.15) is 0 Å². The van der Waals surface area contributed by atoms with Gasteiger partial charge < -0.3 is 10.5 Å². The van der Waals surface area contributed by atoms with Crippen LogP contribution in [0.2, 0.25) is 5.02 Å². The molecule has 112 valence electrons. The van der Waals surface area contributed by atoms with Crippen LogP contribution >= 0.6 is 27.5 Å². The van der Waals surface area contributed by atoms with Gasteiger partial charge in [-0.15, -0.1) is 0 Å². The number of nitrogens with two attached hydrogens (primary N) is 1. The Kier molecular flexibility index (Phi) is 4.77. The van der Waals surface area contributed by atoms with Gasteiger partial charge in [0.25, 0.3) is 0 Å². The first kappa shape index (κ1) is 16.1. The lowest BCUT2D eigenvalue weighted by Crippen LogP contribution is -2.19. The quantitative estimate of drug-likeness (QED) is 0.783. The minimum Gasteiger partial charge on any atom is -0.456 e. The Labute approximate surface area is 136 Å². The fraction of sp³-hybridized carbons (Fsp3) is 0.0769. The molecule has 8 heteroatoms. The van der Waals surface area contributed by atoms with Crippen molar-refractivity contribution >= 4 is 43.2 Å². The van der Waals surface area contributed by atoms with E-state index in [1.165, 1.54) is 25.2 Å². The van der Waals surface area contributed by atoms with Crippen LogP contribution in [0, 0.1) is 0 Å². The third-order valence-electron chi connectivity index (χ3n) is 2.66. The molecule has 0 aromatic heterocycles. The maximum atomic E-state index is 11.7. The van der Waals surface area contributed by atoms with Crippen molar-refractivity contribution in [3.63, 3.8) is 0 Å². The molecule has 0 saturated heterocycles. The van der Waals surface area contributed by atoms with Gasteiger partial charge in [-0.1, -0.05) is 11.6 Å². The number of halogens is 2. The van der Waals surface area contributed by atoms with Crippen LogP contribution in [0.4, 0.5) is 5.69 Å². The summed E-state index contributed by atoms with van der Waals surface area (Å²) in [7, 11) is -2.27.